The van der Waals surface area contributed by atoms with E-state index in [0.29, 0.717) is 51.1 Å². The number of nitrogens with zero attached hydrogens (tertiary/aromatic N) is 7. The zero-order valence-electron chi connectivity index (χ0n) is 23.3. The van der Waals surface area contributed by atoms with E-state index in [9.17, 15) is 17.6 Å². The SMILES string of the molecule is CN1CCN(c2ccc(S(=O)(=O)N3CCCC(C(=O)N4CCN(c5ccnc6cc(F)ccc56)CC4)C3)cn2)CC1. The van der Waals surface area contributed by atoms with Crippen molar-refractivity contribution in [2.45, 2.75) is 17.7 Å². The molecule has 3 aromatic rings. The molecule has 1 atom stereocenters. The molecule has 0 aliphatic carbocycles. The lowest BCUT2D eigenvalue weighted by Crippen LogP contribution is -2.53. The minimum Gasteiger partial charge on any atom is -0.367 e. The Kier molecular flexibility index (Phi) is 7.80. The van der Waals surface area contributed by atoms with Gasteiger partial charge in [-0.25, -0.2) is 17.8 Å². The summed E-state index contributed by atoms with van der Waals surface area (Å²) in [5.74, 6) is 0.108. The van der Waals surface area contributed by atoms with Crippen LogP contribution in [-0.2, 0) is 14.8 Å². The van der Waals surface area contributed by atoms with E-state index < -0.39 is 10.0 Å². The minimum absolute atomic E-state index is 0.00902. The van der Waals surface area contributed by atoms with Crippen LogP contribution in [0.15, 0.2) is 53.7 Å². The van der Waals surface area contributed by atoms with Crippen LogP contribution in [0.1, 0.15) is 12.8 Å². The van der Waals surface area contributed by atoms with E-state index >= 15 is 0 Å². The number of aromatic nitrogens is 2. The number of fused-ring (bicyclic) bond motifs is 1. The first-order chi connectivity index (χ1) is 19.8. The number of rotatable bonds is 5. The Bertz CT molecular complexity index is 1500. The molecule has 1 unspecified atom stereocenters. The fraction of sp³-hybridized carbons (Fsp3) is 0.483. The molecule has 1 amide bonds. The van der Waals surface area contributed by atoms with E-state index in [2.05, 4.69) is 31.7 Å². The number of hydrogen-bond donors (Lipinski definition) is 0. The summed E-state index contributed by atoms with van der Waals surface area (Å²) >= 11 is 0. The van der Waals surface area contributed by atoms with E-state index in [-0.39, 0.29) is 29.1 Å². The van der Waals surface area contributed by atoms with E-state index in [1.54, 1.807) is 24.4 Å². The van der Waals surface area contributed by atoms with Gasteiger partial charge in [-0.1, -0.05) is 0 Å². The molecule has 0 saturated carbocycles. The average molecular weight is 582 g/mol. The highest BCUT2D eigenvalue weighted by Crippen LogP contribution is 2.29. The lowest BCUT2D eigenvalue weighted by molar-refractivity contribution is -0.137. The maximum atomic E-state index is 13.7. The molecule has 0 bridgehead atoms. The van der Waals surface area contributed by atoms with Gasteiger partial charge in [0.05, 0.1) is 11.4 Å². The summed E-state index contributed by atoms with van der Waals surface area (Å²) in [5, 5.41) is 0.882. The van der Waals surface area contributed by atoms with Crippen LogP contribution in [-0.4, -0.2) is 111 Å². The Morgan fingerprint density at radius 2 is 1.66 bits per heavy atom. The van der Waals surface area contributed by atoms with Crippen LogP contribution in [0.25, 0.3) is 10.9 Å². The molecule has 218 valence electrons. The fourth-order valence-electron chi connectivity index (χ4n) is 6.07. The second-order valence-electron chi connectivity index (χ2n) is 11.1. The lowest BCUT2D eigenvalue weighted by atomic mass is 9.97. The van der Waals surface area contributed by atoms with Crippen LogP contribution in [0.2, 0.25) is 0 Å². The monoisotopic (exact) mass is 581 g/mol. The molecule has 3 aliphatic rings. The molecule has 1 aromatic carbocycles. The molecule has 0 N–H and O–H groups in total. The number of carbonyl (C=O) groups is 1. The van der Waals surface area contributed by atoms with Gasteiger partial charge in [0.15, 0.2) is 0 Å². The topological polar surface area (TPSA) is 93.2 Å². The molecule has 3 fully saturated rings. The molecule has 6 rings (SSSR count). The molecule has 0 spiro atoms. The van der Waals surface area contributed by atoms with Crippen molar-refractivity contribution in [1.82, 2.24) is 24.1 Å². The number of sulfonamides is 1. The van der Waals surface area contributed by atoms with Crippen molar-refractivity contribution in [3.63, 3.8) is 0 Å². The first-order valence-corrected chi connectivity index (χ1v) is 15.7. The van der Waals surface area contributed by atoms with Crippen molar-refractivity contribution < 1.29 is 17.6 Å². The summed E-state index contributed by atoms with van der Waals surface area (Å²) < 4.78 is 42.1. The number of likely N-dealkylation sites (N-methyl/N-ethyl adjacent to an activating group) is 1. The van der Waals surface area contributed by atoms with Crippen LogP contribution in [0, 0.1) is 11.7 Å². The first-order valence-electron chi connectivity index (χ1n) is 14.3. The van der Waals surface area contributed by atoms with Gasteiger partial charge in [0.1, 0.15) is 16.5 Å². The van der Waals surface area contributed by atoms with Gasteiger partial charge in [-0.05, 0) is 50.2 Å². The third-order valence-corrected chi connectivity index (χ3v) is 10.4. The number of halogens is 1. The van der Waals surface area contributed by atoms with Crippen molar-refractivity contribution in [2.24, 2.45) is 5.92 Å². The minimum atomic E-state index is -3.75. The van der Waals surface area contributed by atoms with E-state index in [1.165, 1.54) is 22.6 Å². The highest BCUT2D eigenvalue weighted by atomic mass is 32.2. The quantitative estimate of drug-likeness (QED) is 0.453. The Morgan fingerprint density at radius 3 is 2.39 bits per heavy atom. The van der Waals surface area contributed by atoms with Gasteiger partial charge >= 0.3 is 0 Å². The number of anilines is 2. The highest BCUT2D eigenvalue weighted by molar-refractivity contribution is 7.89. The Morgan fingerprint density at radius 1 is 0.902 bits per heavy atom. The van der Waals surface area contributed by atoms with Crippen molar-refractivity contribution in [2.75, 3.05) is 82.3 Å². The van der Waals surface area contributed by atoms with Crippen LogP contribution in [0.4, 0.5) is 15.9 Å². The Balaban J connectivity index is 1.08. The third-order valence-electron chi connectivity index (χ3n) is 8.53. The number of piperidine rings is 1. The van der Waals surface area contributed by atoms with Crippen LogP contribution < -0.4 is 9.80 Å². The van der Waals surface area contributed by atoms with Crippen molar-refractivity contribution in [1.29, 1.82) is 0 Å². The van der Waals surface area contributed by atoms with Crippen molar-refractivity contribution >= 4 is 38.3 Å². The summed E-state index contributed by atoms with van der Waals surface area (Å²) in [6.45, 7) is 6.57. The first kappa shape index (κ1) is 27.8. The number of hydrogen-bond acceptors (Lipinski definition) is 8. The molecule has 0 radical (unpaired) electrons. The molecule has 3 saturated heterocycles. The van der Waals surface area contributed by atoms with Gasteiger partial charge in [-0.15, -0.1) is 0 Å². The number of benzene rings is 1. The predicted molar refractivity (Wildman–Crippen MR) is 156 cm³/mol. The smallest absolute Gasteiger partial charge is 0.244 e. The number of pyridine rings is 2. The molecule has 41 heavy (non-hydrogen) atoms. The summed E-state index contributed by atoms with van der Waals surface area (Å²) in [6, 6.07) is 9.96. The maximum Gasteiger partial charge on any atom is 0.244 e. The molecule has 5 heterocycles. The van der Waals surface area contributed by atoms with Crippen LogP contribution in [0.5, 0.6) is 0 Å². The Labute approximate surface area is 240 Å². The lowest BCUT2D eigenvalue weighted by Gasteiger charge is -2.39. The second kappa shape index (κ2) is 11.5. The van der Waals surface area contributed by atoms with Crippen LogP contribution in [0.3, 0.4) is 0 Å². The number of amides is 1. The van der Waals surface area contributed by atoms with E-state index in [4.69, 9.17) is 0 Å². The van der Waals surface area contributed by atoms with Crippen molar-refractivity contribution in [3.05, 3.63) is 54.6 Å². The largest absolute Gasteiger partial charge is 0.367 e. The summed E-state index contributed by atoms with van der Waals surface area (Å²) in [5.41, 5.74) is 1.58. The van der Waals surface area contributed by atoms with Gasteiger partial charge in [0, 0.05) is 95.0 Å². The average Bonchev–Trinajstić information content (AvgIpc) is 3.01. The molecule has 3 aliphatic heterocycles. The summed E-state index contributed by atoms with van der Waals surface area (Å²) in [6.07, 6.45) is 4.44. The molecular weight excluding hydrogens is 545 g/mol. The van der Waals surface area contributed by atoms with Gasteiger partial charge in [-0.3, -0.25) is 9.78 Å². The maximum absolute atomic E-state index is 13.7. The number of carbonyl (C=O) groups excluding carboxylic acids is 1. The van der Waals surface area contributed by atoms with E-state index in [0.717, 1.165) is 43.1 Å². The second-order valence-corrected chi connectivity index (χ2v) is 13.1. The normalized spacial score (nSPS) is 21.4. The van der Waals surface area contributed by atoms with Gasteiger partial charge in [0.2, 0.25) is 15.9 Å². The zero-order valence-corrected chi connectivity index (χ0v) is 24.1. The standard InChI is InChI=1S/C29H36FN7O3S/c1-33-11-13-35(14-12-33)28-7-5-24(20-32-28)41(39,40)37-10-2-3-22(21-37)29(38)36-17-15-34(16-18-36)27-8-9-31-26-19-23(30)4-6-25(26)27/h4-9,19-20,22H,2-3,10-18,21H2,1H3. The van der Waals surface area contributed by atoms with Crippen molar-refractivity contribution in [3.8, 4) is 0 Å². The zero-order chi connectivity index (χ0) is 28.6. The summed E-state index contributed by atoms with van der Waals surface area (Å²) in [7, 11) is -1.66. The van der Waals surface area contributed by atoms with Crippen LogP contribution >= 0.6 is 0 Å². The summed E-state index contributed by atoms with van der Waals surface area (Å²) in [4.78, 5) is 30.9. The van der Waals surface area contributed by atoms with E-state index in [1.807, 2.05) is 11.0 Å². The van der Waals surface area contributed by atoms with Gasteiger partial charge in [-0.2, -0.15) is 4.31 Å². The third kappa shape index (κ3) is 5.73. The number of piperazine rings is 2. The molecular formula is C29H36FN7O3S. The Hall–Kier alpha value is -3.35. The highest BCUT2D eigenvalue weighted by Gasteiger charge is 2.36. The van der Waals surface area contributed by atoms with Gasteiger partial charge in [0.25, 0.3) is 0 Å². The predicted octanol–water partition coefficient (Wildman–Crippen LogP) is 2.27. The van der Waals surface area contributed by atoms with Gasteiger partial charge < -0.3 is 19.6 Å². The molecule has 2 aromatic heterocycles. The molecule has 10 nitrogen and oxygen atoms in total. The fourth-order valence-corrected chi connectivity index (χ4v) is 7.54. The molecule has 12 heteroatoms.